The first-order valence-corrected chi connectivity index (χ1v) is 9.37. The van der Waals surface area contributed by atoms with Gasteiger partial charge in [-0.25, -0.2) is 14.2 Å². The van der Waals surface area contributed by atoms with Gasteiger partial charge in [-0.3, -0.25) is 4.98 Å². The molecule has 150 valence electrons. The lowest BCUT2D eigenvalue weighted by Gasteiger charge is -2.27. The highest BCUT2D eigenvalue weighted by Gasteiger charge is 2.17. The van der Waals surface area contributed by atoms with Gasteiger partial charge in [-0.2, -0.15) is 0 Å². The lowest BCUT2D eigenvalue weighted by atomic mass is 10.1. The van der Waals surface area contributed by atoms with Gasteiger partial charge in [-0.15, -0.1) is 0 Å². The highest BCUT2D eigenvalue weighted by molar-refractivity contribution is 5.93. The molecule has 2 heterocycles. The maximum absolute atomic E-state index is 13.8. The SMILES string of the molecule is Cc1c(F)cccc1NCc1cc(C(=O)O)cc2ncc(N3CCOCC3)nc12. The van der Waals surface area contributed by atoms with Crippen LogP contribution in [0.1, 0.15) is 21.5 Å². The van der Waals surface area contributed by atoms with Gasteiger partial charge in [0.1, 0.15) is 11.6 Å². The molecule has 1 fully saturated rings. The molecule has 7 nitrogen and oxygen atoms in total. The number of rotatable bonds is 5. The van der Waals surface area contributed by atoms with Crippen LogP contribution in [0.3, 0.4) is 0 Å². The van der Waals surface area contributed by atoms with Gasteiger partial charge in [0, 0.05) is 30.9 Å². The summed E-state index contributed by atoms with van der Waals surface area (Å²) in [5.74, 6) is -0.602. The van der Waals surface area contributed by atoms with Crippen molar-refractivity contribution in [2.45, 2.75) is 13.5 Å². The molecule has 0 unspecified atom stereocenters. The van der Waals surface area contributed by atoms with E-state index >= 15 is 0 Å². The fourth-order valence-electron chi connectivity index (χ4n) is 3.37. The Morgan fingerprint density at radius 1 is 1.31 bits per heavy atom. The summed E-state index contributed by atoms with van der Waals surface area (Å²) in [6.45, 7) is 4.70. The second-order valence-corrected chi connectivity index (χ2v) is 6.90. The van der Waals surface area contributed by atoms with Crippen molar-refractivity contribution in [2.24, 2.45) is 0 Å². The number of carbonyl (C=O) groups is 1. The van der Waals surface area contributed by atoms with Crippen LogP contribution in [0.2, 0.25) is 0 Å². The van der Waals surface area contributed by atoms with E-state index in [0.717, 1.165) is 18.9 Å². The van der Waals surface area contributed by atoms with Crippen molar-refractivity contribution in [3.63, 3.8) is 0 Å². The Morgan fingerprint density at radius 2 is 2.10 bits per heavy atom. The number of aromatic nitrogens is 2. The standard InChI is InChI=1S/C21H21FN4O3/c1-13-16(22)3-2-4-17(13)23-11-15-9-14(21(27)28)10-18-20(15)25-19(12-24-18)26-5-7-29-8-6-26/h2-4,9-10,12,23H,5-8,11H2,1H3,(H,27,28). The van der Waals surface area contributed by atoms with Crippen LogP contribution in [0, 0.1) is 12.7 Å². The molecule has 1 aliphatic rings. The molecule has 0 aliphatic carbocycles. The minimum Gasteiger partial charge on any atom is -0.478 e. The first-order chi connectivity index (χ1) is 14.0. The Morgan fingerprint density at radius 3 is 2.86 bits per heavy atom. The maximum Gasteiger partial charge on any atom is 0.335 e. The van der Waals surface area contributed by atoms with Crippen molar-refractivity contribution in [1.82, 2.24) is 9.97 Å². The minimum atomic E-state index is -1.03. The molecule has 2 aromatic carbocycles. The number of carboxylic acids is 1. The zero-order valence-electron chi connectivity index (χ0n) is 16.0. The predicted octanol–water partition coefficient (Wildman–Crippen LogP) is 3.22. The largest absolute Gasteiger partial charge is 0.478 e. The zero-order chi connectivity index (χ0) is 20.4. The van der Waals surface area contributed by atoms with Crippen molar-refractivity contribution in [3.8, 4) is 0 Å². The molecule has 0 atom stereocenters. The lowest BCUT2D eigenvalue weighted by Crippen LogP contribution is -2.36. The van der Waals surface area contributed by atoms with Crippen molar-refractivity contribution < 1.29 is 19.0 Å². The van der Waals surface area contributed by atoms with Crippen LogP contribution in [-0.4, -0.2) is 47.3 Å². The quantitative estimate of drug-likeness (QED) is 0.685. The molecule has 1 aliphatic heterocycles. The number of benzene rings is 2. The highest BCUT2D eigenvalue weighted by atomic mass is 19.1. The van der Waals surface area contributed by atoms with Crippen LogP contribution in [-0.2, 0) is 11.3 Å². The van der Waals surface area contributed by atoms with Crippen LogP contribution in [0.15, 0.2) is 36.5 Å². The smallest absolute Gasteiger partial charge is 0.335 e. The van der Waals surface area contributed by atoms with Gasteiger partial charge >= 0.3 is 5.97 Å². The number of morpholine rings is 1. The van der Waals surface area contributed by atoms with Crippen molar-refractivity contribution in [1.29, 1.82) is 0 Å². The number of ether oxygens (including phenoxy) is 1. The van der Waals surface area contributed by atoms with E-state index in [9.17, 15) is 14.3 Å². The predicted molar refractivity (Wildman–Crippen MR) is 108 cm³/mol. The molecule has 8 heteroatoms. The molecule has 0 spiro atoms. The molecule has 0 radical (unpaired) electrons. The summed E-state index contributed by atoms with van der Waals surface area (Å²) in [4.78, 5) is 22.8. The topological polar surface area (TPSA) is 87.6 Å². The molecule has 3 aromatic rings. The Labute approximate surface area is 167 Å². The second-order valence-electron chi connectivity index (χ2n) is 6.90. The number of aromatic carboxylic acids is 1. The molecular weight excluding hydrogens is 375 g/mol. The summed E-state index contributed by atoms with van der Waals surface area (Å²) in [6.07, 6.45) is 1.66. The van der Waals surface area contributed by atoms with Crippen LogP contribution in [0.25, 0.3) is 11.0 Å². The zero-order valence-corrected chi connectivity index (χ0v) is 16.0. The van der Waals surface area contributed by atoms with E-state index in [1.165, 1.54) is 12.1 Å². The second kappa shape index (κ2) is 8.00. The third-order valence-electron chi connectivity index (χ3n) is 5.03. The number of nitrogens with one attached hydrogen (secondary N) is 1. The summed E-state index contributed by atoms with van der Waals surface area (Å²) in [6, 6.07) is 7.93. The van der Waals surface area contributed by atoms with Gasteiger partial charge in [0.05, 0.1) is 36.0 Å². The first-order valence-electron chi connectivity index (χ1n) is 9.37. The van der Waals surface area contributed by atoms with Crippen LogP contribution in [0.5, 0.6) is 0 Å². The lowest BCUT2D eigenvalue weighted by molar-refractivity contribution is 0.0697. The fourth-order valence-corrected chi connectivity index (χ4v) is 3.37. The molecule has 1 aromatic heterocycles. The third kappa shape index (κ3) is 3.97. The van der Waals surface area contributed by atoms with Gasteiger partial charge in [0.2, 0.25) is 0 Å². The number of anilines is 2. The minimum absolute atomic E-state index is 0.138. The van der Waals surface area contributed by atoms with Crippen LogP contribution in [0.4, 0.5) is 15.9 Å². The van der Waals surface area contributed by atoms with E-state index in [2.05, 4.69) is 15.2 Å². The maximum atomic E-state index is 13.8. The van der Waals surface area contributed by atoms with E-state index in [1.807, 2.05) is 0 Å². The van der Waals surface area contributed by atoms with Crippen molar-refractivity contribution in [2.75, 3.05) is 36.5 Å². The van der Waals surface area contributed by atoms with Crippen molar-refractivity contribution in [3.05, 3.63) is 59.0 Å². The third-order valence-corrected chi connectivity index (χ3v) is 5.03. The van der Waals surface area contributed by atoms with Gasteiger partial charge in [-0.05, 0) is 36.8 Å². The van der Waals surface area contributed by atoms with Crippen molar-refractivity contribution >= 4 is 28.5 Å². The highest BCUT2D eigenvalue weighted by Crippen LogP contribution is 2.24. The molecule has 0 amide bonds. The number of halogens is 1. The molecule has 2 N–H and O–H groups in total. The van der Waals surface area contributed by atoms with Gasteiger partial charge in [-0.1, -0.05) is 6.07 Å². The fraction of sp³-hybridized carbons (Fsp3) is 0.286. The average Bonchev–Trinajstić information content (AvgIpc) is 2.74. The van der Waals surface area contributed by atoms with E-state index in [4.69, 9.17) is 9.72 Å². The molecular formula is C21H21FN4O3. The van der Waals surface area contributed by atoms with Gasteiger partial charge in [0.25, 0.3) is 0 Å². The van der Waals surface area contributed by atoms with Crippen LogP contribution >= 0.6 is 0 Å². The number of nitrogens with zero attached hydrogens (tertiary/aromatic N) is 3. The summed E-state index contributed by atoms with van der Waals surface area (Å²) < 4.78 is 19.2. The number of carboxylic acid groups (broad SMARTS) is 1. The summed E-state index contributed by atoms with van der Waals surface area (Å²) in [5.41, 5.74) is 3.11. The Kier molecular flexibility index (Phi) is 5.26. The summed E-state index contributed by atoms with van der Waals surface area (Å²) >= 11 is 0. The van der Waals surface area contributed by atoms with E-state index in [-0.39, 0.29) is 11.4 Å². The summed E-state index contributed by atoms with van der Waals surface area (Å²) in [5, 5.41) is 12.6. The van der Waals surface area contributed by atoms with Gasteiger partial charge < -0.3 is 20.1 Å². The Hall–Kier alpha value is -3.26. The Bertz CT molecular complexity index is 1070. The normalized spacial score (nSPS) is 14.2. The number of fused-ring (bicyclic) bond motifs is 1. The van der Waals surface area contributed by atoms with E-state index < -0.39 is 5.97 Å². The van der Waals surface area contributed by atoms with E-state index in [1.54, 1.807) is 31.3 Å². The van der Waals surface area contributed by atoms with E-state index in [0.29, 0.717) is 47.6 Å². The molecule has 29 heavy (non-hydrogen) atoms. The first kappa shape index (κ1) is 19.1. The molecule has 0 saturated carbocycles. The molecule has 1 saturated heterocycles. The number of hydrogen-bond donors (Lipinski definition) is 2. The Balaban J connectivity index is 1.72. The van der Waals surface area contributed by atoms with Gasteiger partial charge in [0.15, 0.2) is 0 Å². The number of hydrogen-bond acceptors (Lipinski definition) is 6. The molecule has 0 bridgehead atoms. The summed E-state index contributed by atoms with van der Waals surface area (Å²) in [7, 11) is 0. The molecule has 4 rings (SSSR count). The van der Waals surface area contributed by atoms with Crippen LogP contribution < -0.4 is 10.2 Å². The average molecular weight is 396 g/mol. The monoisotopic (exact) mass is 396 g/mol.